The van der Waals surface area contributed by atoms with Crippen molar-refractivity contribution in [2.75, 3.05) is 0 Å². The van der Waals surface area contributed by atoms with Crippen molar-refractivity contribution in [3.8, 4) is 11.1 Å². The zero-order valence-electron chi connectivity index (χ0n) is 11.2. The lowest BCUT2D eigenvalue weighted by atomic mass is 10.0. The normalized spacial score (nSPS) is 10.7. The SMILES string of the molecule is Cc1c(C=O)c(-c2ccccc2)c(C)n1-n1cnnn1. The molecule has 0 saturated heterocycles. The standard InChI is InChI=1S/C14H13N5O/c1-10-13(8-20)14(12-6-4-3-5-7-12)11(2)19(10)18-9-15-16-17-18/h3-9H,1-2H3. The zero-order chi connectivity index (χ0) is 14.1. The minimum atomic E-state index is 0.657. The molecule has 0 aliphatic rings. The van der Waals surface area contributed by atoms with Crippen molar-refractivity contribution < 1.29 is 4.79 Å². The molecular weight excluding hydrogens is 254 g/mol. The highest BCUT2D eigenvalue weighted by Crippen LogP contribution is 2.30. The van der Waals surface area contributed by atoms with Crippen molar-refractivity contribution in [1.82, 2.24) is 25.0 Å². The van der Waals surface area contributed by atoms with E-state index < -0.39 is 0 Å². The zero-order valence-corrected chi connectivity index (χ0v) is 11.2. The van der Waals surface area contributed by atoms with E-state index in [1.165, 1.54) is 11.1 Å². The molecule has 6 nitrogen and oxygen atoms in total. The Balaban J connectivity index is 2.31. The van der Waals surface area contributed by atoms with E-state index in [4.69, 9.17) is 0 Å². The third-order valence-corrected chi connectivity index (χ3v) is 3.38. The van der Waals surface area contributed by atoms with Crippen molar-refractivity contribution in [3.63, 3.8) is 0 Å². The monoisotopic (exact) mass is 267 g/mol. The number of benzene rings is 1. The molecule has 0 fully saturated rings. The first-order valence-corrected chi connectivity index (χ1v) is 6.20. The molecule has 0 spiro atoms. The molecule has 2 aromatic heterocycles. The Kier molecular flexibility index (Phi) is 2.90. The first-order valence-electron chi connectivity index (χ1n) is 6.20. The predicted octanol–water partition coefficient (Wildman–Crippen LogP) is 1.88. The number of carbonyl (C=O) groups excluding carboxylic acids is 1. The topological polar surface area (TPSA) is 65.6 Å². The largest absolute Gasteiger partial charge is 0.298 e. The molecule has 3 aromatic rings. The summed E-state index contributed by atoms with van der Waals surface area (Å²) < 4.78 is 1.83. The number of rotatable bonds is 3. The molecule has 0 aliphatic heterocycles. The van der Waals surface area contributed by atoms with Crippen molar-refractivity contribution in [2.45, 2.75) is 13.8 Å². The van der Waals surface area contributed by atoms with Crippen LogP contribution in [0.5, 0.6) is 0 Å². The highest BCUT2D eigenvalue weighted by Gasteiger charge is 2.19. The van der Waals surface area contributed by atoms with Crippen LogP contribution in [0.15, 0.2) is 36.7 Å². The Bertz CT molecular complexity index is 744. The lowest BCUT2D eigenvalue weighted by Gasteiger charge is -2.07. The average molecular weight is 267 g/mol. The van der Waals surface area contributed by atoms with Gasteiger partial charge in [0.25, 0.3) is 0 Å². The summed E-state index contributed by atoms with van der Waals surface area (Å²) >= 11 is 0. The number of tetrazole rings is 1. The Morgan fingerprint density at radius 3 is 2.45 bits per heavy atom. The average Bonchev–Trinajstić information content (AvgIpc) is 3.06. The van der Waals surface area contributed by atoms with Gasteiger partial charge in [-0.25, -0.2) is 4.68 Å². The van der Waals surface area contributed by atoms with Gasteiger partial charge in [-0.15, -0.1) is 9.89 Å². The maximum absolute atomic E-state index is 11.5. The van der Waals surface area contributed by atoms with Crippen LogP contribution in [0.1, 0.15) is 21.7 Å². The fourth-order valence-electron chi connectivity index (χ4n) is 2.52. The quantitative estimate of drug-likeness (QED) is 0.680. The molecule has 6 heteroatoms. The maximum atomic E-state index is 11.5. The van der Waals surface area contributed by atoms with Crippen LogP contribution < -0.4 is 0 Å². The van der Waals surface area contributed by atoms with Crippen LogP contribution >= 0.6 is 0 Å². The van der Waals surface area contributed by atoms with Gasteiger partial charge >= 0.3 is 0 Å². The van der Waals surface area contributed by atoms with Gasteiger partial charge in [-0.2, -0.15) is 0 Å². The Morgan fingerprint density at radius 2 is 1.85 bits per heavy atom. The molecule has 0 aliphatic carbocycles. The fourth-order valence-corrected chi connectivity index (χ4v) is 2.52. The Hall–Kier alpha value is -2.76. The maximum Gasteiger partial charge on any atom is 0.162 e. The van der Waals surface area contributed by atoms with E-state index >= 15 is 0 Å². The van der Waals surface area contributed by atoms with Gasteiger partial charge in [0.05, 0.1) is 5.69 Å². The second kappa shape index (κ2) is 4.73. The molecule has 0 atom stereocenters. The second-order valence-electron chi connectivity index (χ2n) is 4.49. The summed E-state index contributed by atoms with van der Waals surface area (Å²) in [5.41, 5.74) is 4.30. The lowest BCUT2D eigenvalue weighted by molar-refractivity contribution is 0.112. The molecule has 0 N–H and O–H groups in total. The van der Waals surface area contributed by atoms with E-state index in [0.717, 1.165) is 28.8 Å². The smallest absolute Gasteiger partial charge is 0.162 e. The summed E-state index contributed by atoms with van der Waals surface area (Å²) in [7, 11) is 0. The Morgan fingerprint density at radius 1 is 1.10 bits per heavy atom. The van der Waals surface area contributed by atoms with Gasteiger partial charge in [-0.05, 0) is 29.8 Å². The van der Waals surface area contributed by atoms with Crippen molar-refractivity contribution in [1.29, 1.82) is 0 Å². The van der Waals surface area contributed by atoms with Crippen LogP contribution in [0.4, 0.5) is 0 Å². The molecule has 0 unspecified atom stereocenters. The summed E-state index contributed by atoms with van der Waals surface area (Å²) in [5, 5.41) is 11.2. The molecule has 2 heterocycles. The van der Waals surface area contributed by atoms with E-state index in [1.54, 1.807) is 0 Å². The minimum absolute atomic E-state index is 0.657. The fraction of sp³-hybridized carbons (Fsp3) is 0.143. The van der Waals surface area contributed by atoms with E-state index in [1.807, 2.05) is 48.9 Å². The van der Waals surface area contributed by atoms with Gasteiger partial charge in [0.2, 0.25) is 0 Å². The first kappa shape index (κ1) is 12.3. The van der Waals surface area contributed by atoms with Crippen LogP contribution in [-0.2, 0) is 0 Å². The molecule has 0 radical (unpaired) electrons. The van der Waals surface area contributed by atoms with E-state index in [-0.39, 0.29) is 0 Å². The van der Waals surface area contributed by atoms with E-state index in [9.17, 15) is 4.79 Å². The van der Waals surface area contributed by atoms with E-state index in [0.29, 0.717) is 5.56 Å². The van der Waals surface area contributed by atoms with Gasteiger partial charge in [0.15, 0.2) is 12.6 Å². The number of hydrogen-bond acceptors (Lipinski definition) is 4. The van der Waals surface area contributed by atoms with Crippen molar-refractivity contribution in [3.05, 3.63) is 53.6 Å². The van der Waals surface area contributed by atoms with Crippen LogP contribution in [0, 0.1) is 13.8 Å². The summed E-state index contributed by atoms with van der Waals surface area (Å²) in [6, 6.07) is 9.82. The van der Waals surface area contributed by atoms with Crippen LogP contribution in [0.3, 0.4) is 0 Å². The number of carbonyl (C=O) groups is 1. The highest BCUT2D eigenvalue weighted by atomic mass is 16.1. The van der Waals surface area contributed by atoms with E-state index in [2.05, 4.69) is 15.5 Å². The van der Waals surface area contributed by atoms with Gasteiger partial charge in [0.1, 0.15) is 0 Å². The first-order chi connectivity index (χ1) is 9.74. The highest BCUT2D eigenvalue weighted by molar-refractivity contribution is 5.90. The van der Waals surface area contributed by atoms with Crippen LogP contribution in [0.2, 0.25) is 0 Å². The molecule has 0 saturated carbocycles. The van der Waals surface area contributed by atoms with Gasteiger partial charge < -0.3 is 0 Å². The summed E-state index contributed by atoms with van der Waals surface area (Å²) in [6.45, 7) is 3.83. The molecular formula is C14H13N5O. The number of nitrogens with zero attached hydrogens (tertiary/aromatic N) is 5. The third-order valence-electron chi connectivity index (χ3n) is 3.38. The van der Waals surface area contributed by atoms with Gasteiger partial charge in [-0.1, -0.05) is 30.3 Å². The van der Waals surface area contributed by atoms with Crippen molar-refractivity contribution >= 4 is 6.29 Å². The van der Waals surface area contributed by atoms with Gasteiger partial charge in [-0.3, -0.25) is 4.79 Å². The number of aromatic nitrogens is 5. The summed E-state index contributed by atoms with van der Waals surface area (Å²) in [4.78, 5) is 13.0. The molecule has 1 aromatic carbocycles. The summed E-state index contributed by atoms with van der Waals surface area (Å²) in [6.07, 6.45) is 2.38. The number of aldehydes is 1. The third kappa shape index (κ3) is 1.73. The minimum Gasteiger partial charge on any atom is -0.298 e. The number of hydrogen-bond donors (Lipinski definition) is 0. The molecule has 20 heavy (non-hydrogen) atoms. The molecule has 3 rings (SSSR count). The van der Waals surface area contributed by atoms with Crippen LogP contribution in [0.25, 0.3) is 11.1 Å². The summed E-state index contributed by atoms with van der Waals surface area (Å²) in [5.74, 6) is 0. The molecule has 100 valence electrons. The predicted molar refractivity (Wildman–Crippen MR) is 73.3 cm³/mol. The second-order valence-corrected chi connectivity index (χ2v) is 4.49. The van der Waals surface area contributed by atoms with Crippen LogP contribution in [-0.4, -0.2) is 31.3 Å². The molecule has 0 bridgehead atoms. The lowest BCUT2D eigenvalue weighted by Crippen LogP contribution is -2.13. The molecule has 0 amide bonds. The van der Waals surface area contributed by atoms with Gasteiger partial charge in [0, 0.05) is 16.8 Å². The Labute approximate surface area is 115 Å². The van der Waals surface area contributed by atoms with Crippen molar-refractivity contribution in [2.24, 2.45) is 0 Å².